The van der Waals surface area contributed by atoms with Crippen LogP contribution >= 0.6 is 0 Å². The number of ether oxygens (including phenoxy) is 2. The fourth-order valence-corrected chi connectivity index (χ4v) is 2.40. The van der Waals surface area contributed by atoms with Gasteiger partial charge in [0.05, 0.1) is 12.7 Å². The van der Waals surface area contributed by atoms with E-state index in [0.29, 0.717) is 17.5 Å². The Morgan fingerprint density at radius 1 is 1.24 bits per heavy atom. The molecule has 2 rings (SSSR count). The minimum absolute atomic E-state index is 0.0202. The molecule has 0 unspecified atom stereocenters. The number of aliphatic carboxylic acids is 1. The molecular formula is C19H22N2O4. The molecule has 6 heteroatoms. The summed E-state index contributed by atoms with van der Waals surface area (Å²) in [6, 6.07) is 7.62. The molecule has 1 aromatic carbocycles. The van der Waals surface area contributed by atoms with Crippen molar-refractivity contribution in [3.8, 4) is 17.5 Å². The number of aromatic nitrogens is 2. The molecule has 0 bridgehead atoms. The van der Waals surface area contributed by atoms with E-state index in [9.17, 15) is 9.90 Å². The zero-order valence-electron chi connectivity index (χ0n) is 15.0. The molecule has 0 aliphatic heterocycles. The summed E-state index contributed by atoms with van der Waals surface area (Å²) >= 11 is 0. The molecule has 0 spiro atoms. The van der Waals surface area contributed by atoms with Crippen LogP contribution in [0.4, 0.5) is 0 Å². The molecule has 1 heterocycles. The van der Waals surface area contributed by atoms with Crippen molar-refractivity contribution >= 4 is 11.5 Å². The van der Waals surface area contributed by atoms with Crippen LogP contribution in [0.25, 0.3) is 5.57 Å². The lowest BCUT2D eigenvalue weighted by Crippen LogP contribution is -2.08. The second-order valence-electron chi connectivity index (χ2n) is 5.80. The number of methoxy groups -OCH3 is 1. The SMILES string of the molecule is CC=C(C(=O)O)c1c(OC)nc(C)nc1Oc1cccc(C(C)C)c1. The van der Waals surface area contributed by atoms with Crippen molar-refractivity contribution < 1.29 is 19.4 Å². The van der Waals surface area contributed by atoms with Crippen LogP contribution in [-0.2, 0) is 4.79 Å². The summed E-state index contributed by atoms with van der Waals surface area (Å²) in [6.07, 6.45) is 1.47. The Kier molecular flexibility index (Phi) is 5.75. The van der Waals surface area contributed by atoms with Crippen LogP contribution in [0.15, 0.2) is 30.3 Å². The van der Waals surface area contributed by atoms with Gasteiger partial charge in [-0.1, -0.05) is 32.1 Å². The molecule has 0 amide bonds. The molecule has 0 saturated carbocycles. The van der Waals surface area contributed by atoms with E-state index in [4.69, 9.17) is 9.47 Å². The van der Waals surface area contributed by atoms with Gasteiger partial charge in [-0.15, -0.1) is 0 Å². The van der Waals surface area contributed by atoms with Crippen LogP contribution in [0.2, 0.25) is 0 Å². The Balaban J connectivity index is 2.58. The first-order valence-electron chi connectivity index (χ1n) is 7.97. The molecule has 0 radical (unpaired) electrons. The fourth-order valence-electron chi connectivity index (χ4n) is 2.40. The first kappa shape index (κ1) is 18.4. The summed E-state index contributed by atoms with van der Waals surface area (Å²) < 4.78 is 11.2. The maximum absolute atomic E-state index is 11.6. The summed E-state index contributed by atoms with van der Waals surface area (Å²) in [5, 5.41) is 9.49. The van der Waals surface area contributed by atoms with Crippen molar-refractivity contribution in [3.05, 3.63) is 47.3 Å². The van der Waals surface area contributed by atoms with Gasteiger partial charge in [0.2, 0.25) is 11.8 Å². The third-order valence-corrected chi connectivity index (χ3v) is 3.68. The van der Waals surface area contributed by atoms with Gasteiger partial charge < -0.3 is 14.6 Å². The van der Waals surface area contributed by atoms with Gasteiger partial charge in [0, 0.05) is 0 Å². The number of carbonyl (C=O) groups is 1. The molecule has 25 heavy (non-hydrogen) atoms. The van der Waals surface area contributed by atoms with Gasteiger partial charge >= 0.3 is 5.97 Å². The highest BCUT2D eigenvalue weighted by Crippen LogP contribution is 2.35. The lowest BCUT2D eigenvalue weighted by Gasteiger charge is -2.15. The Bertz CT molecular complexity index is 813. The summed E-state index contributed by atoms with van der Waals surface area (Å²) in [5.41, 5.74) is 1.35. The lowest BCUT2D eigenvalue weighted by atomic mass is 10.0. The van der Waals surface area contributed by atoms with Gasteiger partial charge in [0.25, 0.3) is 0 Å². The smallest absolute Gasteiger partial charge is 0.336 e. The molecular weight excluding hydrogens is 320 g/mol. The van der Waals surface area contributed by atoms with Crippen LogP contribution < -0.4 is 9.47 Å². The van der Waals surface area contributed by atoms with Gasteiger partial charge in [0.15, 0.2) is 0 Å². The summed E-state index contributed by atoms with van der Waals surface area (Å²) in [4.78, 5) is 20.1. The van der Waals surface area contributed by atoms with E-state index in [1.54, 1.807) is 19.9 Å². The van der Waals surface area contributed by atoms with Crippen molar-refractivity contribution in [2.45, 2.75) is 33.6 Å². The zero-order valence-corrected chi connectivity index (χ0v) is 15.0. The molecule has 0 atom stereocenters. The van der Waals surface area contributed by atoms with E-state index in [1.165, 1.54) is 13.2 Å². The van der Waals surface area contributed by atoms with Crippen molar-refractivity contribution in [2.24, 2.45) is 0 Å². The normalized spacial score (nSPS) is 11.5. The number of nitrogens with zero attached hydrogens (tertiary/aromatic N) is 2. The quantitative estimate of drug-likeness (QED) is 0.793. The summed E-state index contributed by atoms with van der Waals surface area (Å²) in [7, 11) is 1.43. The third kappa shape index (κ3) is 4.15. The molecule has 132 valence electrons. The monoisotopic (exact) mass is 342 g/mol. The van der Waals surface area contributed by atoms with Crippen molar-refractivity contribution in [2.75, 3.05) is 7.11 Å². The Labute approximate surface area is 147 Å². The van der Waals surface area contributed by atoms with E-state index >= 15 is 0 Å². The number of aryl methyl sites for hydroxylation is 1. The van der Waals surface area contributed by atoms with E-state index in [2.05, 4.69) is 23.8 Å². The minimum Gasteiger partial charge on any atom is -0.480 e. The number of benzene rings is 1. The highest BCUT2D eigenvalue weighted by Gasteiger charge is 2.24. The summed E-state index contributed by atoms with van der Waals surface area (Å²) in [6.45, 7) is 7.50. The standard InChI is InChI=1S/C19H22N2O4/c1-6-15(19(22)23)16-17(24-5)20-12(4)21-18(16)25-14-9-7-8-13(10-14)11(2)3/h6-11H,1-5H3,(H,22,23). The van der Waals surface area contributed by atoms with Crippen LogP contribution in [0.3, 0.4) is 0 Å². The van der Waals surface area contributed by atoms with E-state index in [1.807, 2.05) is 18.2 Å². The number of carboxylic acids is 1. The topological polar surface area (TPSA) is 81.5 Å². The fraction of sp³-hybridized carbons (Fsp3) is 0.316. The van der Waals surface area contributed by atoms with E-state index in [-0.39, 0.29) is 22.9 Å². The second-order valence-corrected chi connectivity index (χ2v) is 5.80. The lowest BCUT2D eigenvalue weighted by molar-refractivity contribution is -0.130. The first-order chi connectivity index (χ1) is 11.9. The largest absolute Gasteiger partial charge is 0.480 e. The number of allylic oxidation sites excluding steroid dienone is 1. The highest BCUT2D eigenvalue weighted by molar-refractivity contribution is 6.16. The maximum Gasteiger partial charge on any atom is 0.336 e. The molecule has 0 saturated heterocycles. The van der Waals surface area contributed by atoms with Gasteiger partial charge in [0.1, 0.15) is 17.1 Å². The van der Waals surface area contributed by atoms with Crippen LogP contribution in [-0.4, -0.2) is 28.2 Å². The van der Waals surface area contributed by atoms with Crippen LogP contribution in [0.5, 0.6) is 17.5 Å². The average Bonchev–Trinajstić information content (AvgIpc) is 2.56. The Morgan fingerprint density at radius 3 is 2.48 bits per heavy atom. The minimum atomic E-state index is -1.10. The van der Waals surface area contributed by atoms with Gasteiger partial charge in [-0.05, 0) is 37.5 Å². The molecule has 1 aromatic heterocycles. The predicted octanol–water partition coefficient (Wildman–Crippen LogP) is 4.20. The molecule has 0 aliphatic rings. The number of carboxylic acid groups (broad SMARTS) is 1. The van der Waals surface area contributed by atoms with Gasteiger partial charge in [-0.2, -0.15) is 9.97 Å². The van der Waals surface area contributed by atoms with Crippen molar-refractivity contribution in [3.63, 3.8) is 0 Å². The second kappa shape index (κ2) is 7.79. The molecule has 0 aliphatic carbocycles. The predicted molar refractivity (Wildman–Crippen MR) is 95.2 cm³/mol. The third-order valence-electron chi connectivity index (χ3n) is 3.68. The summed E-state index contributed by atoms with van der Waals surface area (Å²) in [5.74, 6) is 0.563. The average molecular weight is 342 g/mol. The van der Waals surface area contributed by atoms with Gasteiger partial charge in [-0.3, -0.25) is 0 Å². The Hall–Kier alpha value is -2.89. The highest BCUT2D eigenvalue weighted by atomic mass is 16.5. The van der Waals surface area contributed by atoms with Crippen molar-refractivity contribution in [1.82, 2.24) is 9.97 Å². The molecule has 1 N–H and O–H groups in total. The number of rotatable bonds is 6. The molecule has 6 nitrogen and oxygen atoms in total. The number of hydrogen-bond donors (Lipinski definition) is 1. The molecule has 0 fully saturated rings. The number of hydrogen-bond acceptors (Lipinski definition) is 5. The van der Waals surface area contributed by atoms with Gasteiger partial charge in [-0.25, -0.2) is 4.79 Å². The maximum atomic E-state index is 11.6. The van der Waals surface area contributed by atoms with Crippen molar-refractivity contribution in [1.29, 1.82) is 0 Å². The Morgan fingerprint density at radius 2 is 1.92 bits per heavy atom. The van der Waals surface area contributed by atoms with E-state index in [0.717, 1.165) is 5.56 Å². The van der Waals surface area contributed by atoms with Crippen LogP contribution in [0, 0.1) is 6.92 Å². The zero-order chi connectivity index (χ0) is 18.6. The molecule has 2 aromatic rings. The van der Waals surface area contributed by atoms with E-state index < -0.39 is 5.97 Å². The first-order valence-corrected chi connectivity index (χ1v) is 7.97. The van der Waals surface area contributed by atoms with Crippen LogP contribution in [0.1, 0.15) is 43.6 Å².